The molecule has 1 unspecified atom stereocenters. The largest absolute Gasteiger partial charge is 0.496 e. The van der Waals surface area contributed by atoms with Gasteiger partial charge in [-0.05, 0) is 37.6 Å². The molecule has 0 aliphatic rings. The van der Waals surface area contributed by atoms with Crippen molar-refractivity contribution >= 4 is 23.6 Å². The standard InChI is InChI=1S/C19H21ClF3N3O2/c1-5-26(3)11-24-14-10-15(28-4)13(9-12(14)2)18(27,19(21,22)23)16-7-6-8-17(20)25-16/h6-11,27H,5H2,1-4H3. The van der Waals surface area contributed by atoms with E-state index in [1.807, 2.05) is 18.9 Å². The molecule has 1 aromatic carbocycles. The van der Waals surface area contributed by atoms with Gasteiger partial charge in [-0.25, -0.2) is 9.98 Å². The van der Waals surface area contributed by atoms with Crippen LogP contribution in [0.4, 0.5) is 18.9 Å². The molecule has 0 saturated carbocycles. The number of aromatic nitrogens is 1. The first-order valence-corrected chi connectivity index (χ1v) is 8.78. The van der Waals surface area contributed by atoms with Crippen molar-refractivity contribution in [3.05, 3.63) is 52.3 Å². The lowest BCUT2D eigenvalue weighted by molar-refractivity contribution is -0.250. The van der Waals surface area contributed by atoms with Gasteiger partial charge in [0.05, 0.1) is 24.8 Å². The van der Waals surface area contributed by atoms with Crippen LogP contribution in [-0.2, 0) is 5.60 Å². The summed E-state index contributed by atoms with van der Waals surface area (Å²) in [6.45, 7) is 4.25. The molecule has 0 saturated heterocycles. The summed E-state index contributed by atoms with van der Waals surface area (Å²) in [5.74, 6) is -0.168. The number of aliphatic hydroxyl groups is 1. The van der Waals surface area contributed by atoms with Crippen LogP contribution in [0, 0.1) is 6.92 Å². The molecule has 0 amide bonds. The predicted molar refractivity (Wildman–Crippen MR) is 102 cm³/mol. The van der Waals surface area contributed by atoms with Crippen molar-refractivity contribution < 1.29 is 23.0 Å². The van der Waals surface area contributed by atoms with E-state index >= 15 is 0 Å². The first-order valence-electron chi connectivity index (χ1n) is 8.40. The first-order chi connectivity index (χ1) is 13.0. The van der Waals surface area contributed by atoms with Crippen LogP contribution in [0.2, 0.25) is 5.15 Å². The number of alkyl halides is 3. The van der Waals surface area contributed by atoms with E-state index in [2.05, 4.69) is 9.98 Å². The summed E-state index contributed by atoms with van der Waals surface area (Å²) < 4.78 is 47.3. The quantitative estimate of drug-likeness (QED) is 0.430. The first kappa shape index (κ1) is 22.0. The molecular weight excluding hydrogens is 395 g/mol. The third-order valence-corrected chi connectivity index (χ3v) is 4.51. The molecule has 0 fully saturated rings. The Labute approximate surface area is 166 Å². The minimum absolute atomic E-state index is 0.167. The highest BCUT2D eigenvalue weighted by Gasteiger charge is 2.59. The van der Waals surface area contributed by atoms with Gasteiger partial charge in [0.25, 0.3) is 0 Å². The van der Waals surface area contributed by atoms with E-state index in [0.717, 1.165) is 6.07 Å². The highest BCUT2D eigenvalue weighted by Crippen LogP contribution is 2.48. The van der Waals surface area contributed by atoms with Crippen LogP contribution >= 0.6 is 11.6 Å². The number of aryl methyl sites for hydroxylation is 1. The molecular formula is C19H21ClF3N3O2. The second kappa shape index (κ2) is 8.36. The van der Waals surface area contributed by atoms with Crippen LogP contribution in [0.25, 0.3) is 0 Å². The Kier molecular flexibility index (Phi) is 6.56. The molecule has 1 heterocycles. The number of pyridine rings is 1. The zero-order valence-corrected chi connectivity index (χ0v) is 16.6. The number of hydrogen-bond acceptors (Lipinski definition) is 4. The number of nitrogens with zero attached hydrogens (tertiary/aromatic N) is 3. The van der Waals surface area contributed by atoms with Gasteiger partial charge in [-0.2, -0.15) is 13.2 Å². The summed E-state index contributed by atoms with van der Waals surface area (Å²) in [5.41, 5.74) is -3.69. The fourth-order valence-corrected chi connectivity index (χ4v) is 2.72. The van der Waals surface area contributed by atoms with Crippen LogP contribution in [0.1, 0.15) is 23.7 Å². The second-order valence-electron chi connectivity index (χ2n) is 6.21. The van der Waals surface area contributed by atoms with Crippen molar-refractivity contribution in [1.29, 1.82) is 0 Å². The van der Waals surface area contributed by atoms with Gasteiger partial charge in [-0.15, -0.1) is 0 Å². The minimum atomic E-state index is -5.07. The average Bonchev–Trinajstić information content (AvgIpc) is 2.64. The number of hydrogen-bond donors (Lipinski definition) is 1. The molecule has 0 aliphatic carbocycles. The van der Waals surface area contributed by atoms with E-state index in [-0.39, 0.29) is 10.9 Å². The fourth-order valence-electron chi connectivity index (χ4n) is 2.56. The predicted octanol–water partition coefficient (Wildman–Crippen LogP) is 4.46. The maximum Gasteiger partial charge on any atom is 0.427 e. The van der Waals surface area contributed by atoms with E-state index < -0.39 is 23.0 Å². The molecule has 5 nitrogen and oxygen atoms in total. The van der Waals surface area contributed by atoms with Crippen LogP contribution in [0.15, 0.2) is 35.3 Å². The van der Waals surface area contributed by atoms with Crippen molar-refractivity contribution in [3.63, 3.8) is 0 Å². The Balaban J connectivity index is 2.71. The molecule has 1 atom stereocenters. The highest BCUT2D eigenvalue weighted by molar-refractivity contribution is 6.29. The number of halogens is 4. The molecule has 9 heteroatoms. The molecule has 2 aromatic rings. The summed E-state index contributed by atoms with van der Waals surface area (Å²) in [7, 11) is 3.04. The van der Waals surface area contributed by atoms with E-state index in [9.17, 15) is 18.3 Å². The Morgan fingerprint density at radius 3 is 2.54 bits per heavy atom. The number of aliphatic imine (C=N–C) groups is 1. The topological polar surface area (TPSA) is 58.0 Å². The van der Waals surface area contributed by atoms with Gasteiger partial charge in [0.15, 0.2) is 0 Å². The Hall–Kier alpha value is -2.32. The summed E-state index contributed by atoms with van der Waals surface area (Å²) >= 11 is 5.76. The molecule has 0 bridgehead atoms. The van der Waals surface area contributed by atoms with E-state index in [4.69, 9.17) is 16.3 Å². The van der Waals surface area contributed by atoms with Crippen molar-refractivity contribution in [2.75, 3.05) is 20.7 Å². The van der Waals surface area contributed by atoms with Gasteiger partial charge in [0.2, 0.25) is 5.60 Å². The average molecular weight is 416 g/mol. The van der Waals surface area contributed by atoms with Crippen molar-refractivity contribution in [1.82, 2.24) is 9.88 Å². The van der Waals surface area contributed by atoms with Gasteiger partial charge >= 0.3 is 6.18 Å². The van der Waals surface area contributed by atoms with Crippen LogP contribution in [-0.4, -0.2) is 48.2 Å². The summed E-state index contributed by atoms with van der Waals surface area (Å²) in [6.07, 6.45) is -3.51. The monoisotopic (exact) mass is 415 g/mol. The van der Waals surface area contributed by atoms with E-state index in [0.29, 0.717) is 17.8 Å². The molecule has 28 heavy (non-hydrogen) atoms. The minimum Gasteiger partial charge on any atom is -0.496 e. The third kappa shape index (κ3) is 4.23. The summed E-state index contributed by atoms with van der Waals surface area (Å²) in [4.78, 5) is 9.78. The number of methoxy groups -OCH3 is 1. The van der Waals surface area contributed by atoms with Crippen LogP contribution in [0.3, 0.4) is 0 Å². The third-order valence-electron chi connectivity index (χ3n) is 4.30. The van der Waals surface area contributed by atoms with Gasteiger partial charge in [0.1, 0.15) is 10.9 Å². The van der Waals surface area contributed by atoms with Gasteiger partial charge in [-0.3, -0.25) is 0 Å². The van der Waals surface area contributed by atoms with Crippen LogP contribution in [0.5, 0.6) is 5.75 Å². The van der Waals surface area contributed by atoms with Crippen molar-refractivity contribution in [2.45, 2.75) is 25.6 Å². The number of rotatable bonds is 6. The van der Waals surface area contributed by atoms with Gasteiger partial charge < -0.3 is 14.7 Å². The molecule has 1 aromatic heterocycles. The lowest BCUT2D eigenvalue weighted by atomic mass is 9.87. The second-order valence-corrected chi connectivity index (χ2v) is 6.60. The number of ether oxygens (including phenoxy) is 1. The zero-order valence-electron chi connectivity index (χ0n) is 15.9. The Bertz CT molecular complexity index is 874. The maximum absolute atomic E-state index is 14.0. The molecule has 0 radical (unpaired) electrons. The lowest BCUT2D eigenvalue weighted by Gasteiger charge is -2.32. The Morgan fingerprint density at radius 1 is 1.32 bits per heavy atom. The summed E-state index contributed by atoms with van der Waals surface area (Å²) in [5, 5.41) is 10.7. The maximum atomic E-state index is 14.0. The lowest BCUT2D eigenvalue weighted by Crippen LogP contribution is -2.44. The van der Waals surface area contributed by atoms with E-state index in [1.54, 1.807) is 13.3 Å². The Morgan fingerprint density at radius 2 is 2.00 bits per heavy atom. The molecule has 1 N–H and O–H groups in total. The van der Waals surface area contributed by atoms with Gasteiger partial charge in [-0.1, -0.05) is 17.7 Å². The van der Waals surface area contributed by atoms with Crippen molar-refractivity contribution in [2.24, 2.45) is 4.99 Å². The molecule has 152 valence electrons. The van der Waals surface area contributed by atoms with Crippen molar-refractivity contribution in [3.8, 4) is 5.75 Å². The SMILES string of the molecule is CCN(C)C=Nc1cc(OC)c(C(O)(c2cccc(Cl)n2)C(F)(F)F)cc1C. The van der Waals surface area contributed by atoms with Crippen LogP contribution < -0.4 is 4.74 Å². The molecule has 2 rings (SSSR count). The smallest absolute Gasteiger partial charge is 0.427 e. The van der Waals surface area contributed by atoms with E-state index in [1.165, 1.54) is 31.4 Å². The van der Waals surface area contributed by atoms with Gasteiger partial charge in [0, 0.05) is 25.2 Å². The summed E-state index contributed by atoms with van der Waals surface area (Å²) in [6, 6.07) is 6.24. The normalized spacial score (nSPS) is 14.2. The molecule has 0 aliphatic heterocycles. The number of benzene rings is 1. The fraction of sp³-hybridized carbons (Fsp3) is 0.368. The zero-order chi connectivity index (χ0) is 21.1. The molecule has 0 spiro atoms. The highest BCUT2D eigenvalue weighted by atomic mass is 35.5.